The molecule has 0 amide bonds. The van der Waals surface area contributed by atoms with Crippen molar-refractivity contribution in [1.82, 2.24) is 0 Å². The van der Waals surface area contributed by atoms with Crippen LogP contribution in [0.4, 0.5) is 0 Å². The van der Waals surface area contributed by atoms with Gasteiger partial charge in [0.05, 0.1) is 12.0 Å². The Morgan fingerprint density at radius 1 is 1.60 bits per heavy atom. The molecule has 1 saturated carbocycles. The average Bonchev–Trinajstić information content (AvgIpc) is 2.43. The molecule has 0 aliphatic heterocycles. The van der Waals surface area contributed by atoms with Crippen LogP contribution in [0, 0.1) is 5.92 Å². The van der Waals surface area contributed by atoms with Crippen molar-refractivity contribution in [3.05, 3.63) is 0 Å². The highest BCUT2D eigenvalue weighted by Crippen LogP contribution is 2.33. The molecule has 2 unspecified atom stereocenters. The Hall–Kier alpha value is -1.26. The molecule has 1 rings (SSSR count). The highest BCUT2D eigenvalue weighted by atomic mass is 16.4. The number of rotatable bonds is 2. The molecule has 56 valence electrons. The van der Waals surface area contributed by atoms with Gasteiger partial charge >= 0.3 is 5.97 Å². The van der Waals surface area contributed by atoms with E-state index in [1.807, 2.05) is 0 Å². The lowest BCUT2D eigenvalue weighted by Crippen LogP contribution is -2.23. The SMILES string of the molecule is NC(N)=NC1CC1C(=O)O. The monoisotopic (exact) mass is 143 g/mol. The maximum atomic E-state index is 10.2. The van der Waals surface area contributed by atoms with Gasteiger partial charge in [0.25, 0.3) is 0 Å². The van der Waals surface area contributed by atoms with E-state index in [1.165, 1.54) is 0 Å². The van der Waals surface area contributed by atoms with Gasteiger partial charge in [0.15, 0.2) is 5.96 Å². The van der Waals surface area contributed by atoms with Crippen LogP contribution in [0.25, 0.3) is 0 Å². The van der Waals surface area contributed by atoms with Crippen molar-refractivity contribution >= 4 is 11.9 Å². The zero-order valence-electron chi connectivity index (χ0n) is 5.32. The highest BCUT2D eigenvalue weighted by molar-refractivity contribution is 5.79. The van der Waals surface area contributed by atoms with Crippen molar-refractivity contribution in [3.63, 3.8) is 0 Å². The molecule has 0 spiro atoms. The molecule has 0 heterocycles. The van der Waals surface area contributed by atoms with E-state index in [0.717, 1.165) is 0 Å². The van der Waals surface area contributed by atoms with Crippen LogP contribution in [0.3, 0.4) is 0 Å². The van der Waals surface area contributed by atoms with Gasteiger partial charge < -0.3 is 16.6 Å². The van der Waals surface area contributed by atoms with Crippen LogP contribution in [0.1, 0.15) is 6.42 Å². The second-order valence-corrected chi connectivity index (χ2v) is 2.30. The molecule has 0 aromatic carbocycles. The fourth-order valence-electron chi connectivity index (χ4n) is 0.781. The van der Waals surface area contributed by atoms with Gasteiger partial charge in [-0.2, -0.15) is 0 Å². The standard InChI is InChI=1S/C5H9N3O2/c6-5(7)8-3-1-2(3)4(9)10/h2-3H,1H2,(H,9,10)(H4,6,7,8). The third-order valence-electron chi connectivity index (χ3n) is 1.39. The molecule has 10 heavy (non-hydrogen) atoms. The Morgan fingerprint density at radius 2 is 2.20 bits per heavy atom. The number of hydrogen-bond acceptors (Lipinski definition) is 2. The van der Waals surface area contributed by atoms with E-state index in [9.17, 15) is 4.79 Å². The number of guanidine groups is 1. The van der Waals surface area contributed by atoms with Crippen LogP contribution in [0.5, 0.6) is 0 Å². The van der Waals surface area contributed by atoms with Crippen molar-refractivity contribution in [1.29, 1.82) is 0 Å². The van der Waals surface area contributed by atoms with Gasteiger partial charge in [0.1, 0.15) is 0 Å². The van der Waals surface area contributed by atoms with Crippen molar-refractivity contribution in [2.75, 3.05) is 0 Å². The summed E-state index contributed by atoms with van der Waals surface area (Å²) >= 11 is 0. The summed E-state index contributed by atoms with van der Waals surface area (Å²) in [5.41, 5.74) is 10.1. The summed E-state index contributed by atoms with van der Waals surface area (Å²) in [7, 11) is 0. The number of carboxylic acid groups (broad SMARTS) is 1. The summed E-state index contributed by atoms with van der Waals surface area (Å²) in [6.45, 7) is 0. The van der Waals surface area contributed by atoms with Gasteiger partial charge in [-0.1, -0.05) is 0 Å². The molecule has 1 aliphatic carbocycles. The van der Waals surface area contributed by atoms with Gasteiger partial charge in [-0.3, -0.25) is 4.79 Å². The number of nitrogens with zero attached hydrogens (tertiary/aromatic N) is 1. The Balaban J connectivity index is 2.40. The number of carbonyl (C=O) groups is 1. The fourth-order valence-corrected chi connectivity index (χ4v) is 0.781. The first kappa shape index (κ1) is 6.85. The summed E-state index contributed by atoms with van der Waals surface area (Å²) in [6.07, 6.45) is 0.563. The number of carboxylic acids is 1. The Bertz CT molecular complexity index is 185. The Morgan fingerprint density at radius 3 is 2.50 bits per heavy atom. The Labute approximate surface area is 57.7 Å². The minimum absolute atomic E-state index is 0.0336. The number of hydrogen-bond donors (Lipinski definition) is 3. The summed E-state index contributed by atoms with van der Waals surface area (Å²) in [4.78, 5) is 13.9. The van der Waals surface area contributed by atoms with Crippen LogP contribution in [-0.2, 0) is 4.79 Å². The van der Waals surface area contributed by atoms with E-state index in [2.05, 4.69) is 4.99 Å². The third kappa shape index (κ3) is 1.37. The second-order valence-electron chi connectivity index (χ2n) is 2.30. The molecule has 5 N–H and O–H groups in total. The lowest BCUT2D eigenvalue weighted by Gasteiger charge is -1.88. The van der Waals surface area contributed by atoms with Gasteiger partial charge in [-0.05, 0) is 6.42 Å². The van der Waals surface area contributed by atoms with Gasteiger partial charge in [-0.15, -0.1) is 0 Å². The molecule has 0 bridgehead atoms. The largest absolute Gasteiger partial charge is 0.481 e. The first-order valence-electron chi connectivity index (χ1n) is 2.93. The minimum Gasteiger partial charge on any atom is -0.481 e. The summed E-state index contributed by atoms with van der Waals surface area (Å²) in [5, 5.41) is 8.39. The van der Waals surface area contributed by atoms with Crippen LogP contribution in [0.15, 0.2) is 4.99 Å². The lowest BCUT2D eigenvalue weighted by molar-refractivity contribution is -0.138. The molecule has 5 nitrogen and oxygen atoms in total. The first-order chi connectivity index (χ1) is 4.61. The summed E-state index contributed by atoms with van der Waals surface area (Å²) in [6, 6.07) is -0.178. The van der Waals surface area contributed by atoms with Gasteiger partial charge in [0.2, 0.25) is 0 Å². The van der Waals surface area contributed by atoms with Crippen LogP contribution < -0.4 is 11.5 Å². The highest BCUT2D eigenvalue weighted by Gasteiger charge is 2.43. The molecular formula is C5H9N3O2. The van der Waals surface area contributed by atoms with Gasteiger partial charge in [-0.25, -0.2) is 4.99 Å². The molecule has 1 fully saturated rings. The fraction of sp³-hybridized carbons (Fsp3) is 0.600. The van der Waals surface area contributed by atoms with Crippen LogP contribution in [-0.4, -0.2) is 23.1 Å². The molecule has 2 atom stereocenters. The van der Waals surface area contributed by atoms with E-state index in [4.69, 9.17) is 16.6 Å². The molecule has 0 saturated heterocycles. The molecule has 0 aromatic heterocycles. The van der Waals surface area contributed by atoms with E-state index < -0.39 is 5.97 Å². The molecule has 5 heteroatoms. The van der Waals surface area contributed by atoms with Crippen molar-refractivity contribution in [3.8, 4) is 0 Å². The van der Waals surface area contributed by atoms with Crippen LogP contribution >= 0.6 is 0 Å². The predicted molar refractivity (Wildman–Crippen MR) is 35.3 cm³/mol. The maximum absolute atomic E-state index is 10.2. The van der Waals surface area contributed by atoms with Crippen molar-refractivity contribution in [2.45, 2.75) is 12.5 Å². The topological polar surface area (TPSA) is 102 Å². The smallest absolute Gasteiger partial charge is 0.308 e. The molecule has 0 radical (unpaired) electrons. The molecule has 0 aromatic rings. The zero-order valence-corrected chi connectivity index (χ0v) is 5.32. The van der Waals surface area contributed by atoms with E-state index in [1.54, 1.807) is 0 Å². The van der Waals surface area contributed by atoms with Crippen molar-refractivity contribution in [2.24, 2.45) is 22.4 Å². The number of aliphatic carboxylic acids is 1. The number of aliphatic imine (C=N–C) groups is 1. The normalized spacial score (nSPS) is 29.2. The summed E-state index contributed by atoms with van der Waals surface area (Å²) in [5.74, 6) is -1.22. The lowest BCUT2D eigenvalue weighted by atomic mass is 10.4. The quantitative estimate of drug-likeness (QED) is 0.331. The van der Waals surface area contributed by atoms with E-state index >= 15 is 0 Å². The first-order valence-corrected chi connectivity index (χ1v) is 2.93. The van der Waals surface area contributed by atoms with Gasteiger partial charge in [0, 0.05) is 0 Å². The second kappa shape index (κ2) is 2.17. The third-order valence-corrected chi connectivity index (χ3v) is 1.39. The number of nitrogens with two attached hydrogens (primary N) is 2. The maximum Gasteiger partial charge on any atom is 0.308 e. The van der Waals surface area contributed by atoms with Crippen LogP contribution in [0.2, 0.25) is 0 Å². The zero-order chi connectivity index (χ0) is 7.72. The van der Waals surface area contributed by atoms with E-state index in [0.29, 0.717) is 6.42 Å². The predicted octanol–water partition coefficient (Wildman–Crippen LogP) is -1.27. The van der Waals surface area contributed by atoms with E-state index in [-0.39, 0.29) is 17.9 Å². The average molecular weight is 143 g/mol. The molecule has 1 aliphatic rings. The van der Waals surface area contributed by atoms with Crippen molar-refractivity contribution < 1.29 is 9.90 Å². The molecular weight excluding hydrogens is 134 g/mol. The Kier molecular flexibility index (Phi) is 1.48. The summed E-state index contributed by atoms with van der Waals surface area (Å²) < 4.78 is 0. The minimum atomic E-state index is -0.824.